The molecule has 1 aliphatic rings. The number of carboxylic acid groups (broad SMARTS) is 1. The van der Waals surface area contributed by atoms with E-state index in [1.54, 1.807) is 0 Å². The second-order valence-corrected chi connectivity index (χ2v) is 3.66. The van der Waals surface area contributed by atoms with Crippen molar-refractivity contribution in [1.29, 1.82) is 0 Å². The minimum atomic E-state index is -0.964. The predicted octanol–water partition coefficient (Wildman–Crippen LogP) is -1.13. The SMILES string of the molecule is O=C[C@H](CC(=O)O)NC[C@@H]1CCCNN1. The summed E-state index contributed by atoms with van der Waals surface area (Å²) in [5.41, 5.74) is 6.10. The highest BCUT2D eigenvalue weighted by molar-refractivity contribution is 5.73. The Balaban J connectivity index is 2.20. The largest absolute Gasteiger partial charge is 0.481 e. The number of hydrogen-bond donors (Lipinski definition) is 4. The molecule has 0 amide bonds. The van der Waals surface area contributed by atoms with Gasteiger partial charge in [0.15, 0.2) is 0 Å². The van der Waals surface area contributed by atoms with Gasteiger partial charge in [0.25, 0.3) is 0 Å². The summed E-state index contributed by atoms with van der Waals surface area (Å²) in [6.45, 7) is 1.55. The van der Waals surface area contributed by atoms with Crippen LogP contribution in [0.15, 0.2) is 0 Å². The maximum Gasteiger partial charge on any atom is 0.305 e. The van der Waals surface area contributed by atoms with E-state index >= 15 is 0 Å². The Hall–Kier alpha value is -0.980. The van der Waals surface area contributed by atoms with Gasteiger partial charge in [0.2, 0.25) is 0 Å². The van der Waals surface area contributed by atoms with Crippen LogP contribution in [0.4, 0.5) is 0 Å². The maximum atomic E-state index is 10.6. The Morgan fingerprint density at radius 1 is 1.67 bits per heavy atom. The van der Waals surface area contributed by atoms with Crippen LogP contribution in [-0.2, 0) is 9.59 Å². The zero-order chi connectivity index (χ0) is 11.1. The first-order chi connectivity index (χ1) is 7.22. The summed E-state index contributed by atoms with van der Waals surface area (Å²) in [7, 11) is 0. The first kappa shape index (κ1) is 12.1. The van der Waals surface area contributed by atoms with Gasteiger partial charge in [0.05, 0.1) is 12.5 Å². The molecule has 0 spiro atoms. The number of carbonyl (C=O) groups is 2. The van der Waals surface area contributed by atoms with Crippen molar-refractivity contribution in [1.82, 2.24) is 16.2 Å². The minimum absolute atomic E-state index is 0.163. The van der Waals surface area contributed by atoms with Crippen LogP contribution in [0.2, 0.25) is 0 Å². The van der Waals surface area contributed by atoms with Gasteiger partial charge < -0.3 is 15.2 Å². The number of hydrogen-bond acceptors (Lipinski definition) is 5. The van der Waals surface area contributed by atoms with Crippen molar-refractivity contribution in [2.75, 3.05) is 13.1 Å². The van der Waals surface area contributed by atoms with E-state index in [4.69, 9.17) is 5.11 Å². The van der Waals surface area contributed by atoms with Crippen LogP contribution in [0.25, 0.3) is 0 Å². The number of aldehydes is 1. The molecule has 0 saturated carbocycles. The standard InChI is InChI=1S/C9H17N3O3/c13-6-8(4-9(14)15)10-5-7-2-1-3-11-12-7/h6-8,10-12H,1-5H2,(H,14,15)/t7-,8-/m0/s1. The van der Waals surface area contributed by atoms with Crippen molar-refractivity contribution in [3.05, 3.63) is 0 Å². The van der Waals surface area contributed by atoms with E-state index in [0.717, 1.165) is 19.4 Å². The second kappa shape index (κ2) is 6.49. The van der Waals surface area contributed by atoms with E-state index in [2.05, 4.69) is 16.2 Å². The van der Waals surface area contributed by atoms with Gasteiger partial charge in [-0.05, 0) is 12.8 Å². The fourth-order valence-electron chi connectivity index (χ4n) is 1.53. The Morgan fingerprint density at radius 3 is 3.00 bits per heavy atom. The highest BCUT2D eigenvalue weighted by Crippen LogP contribution is 1.99. The molecule has 0 aromatic carbocycles. The van der Waals surface area contributed by atoms with Crippen LogP contribution in [0.5, 0.6) is 0 Å². The van der Waals surface area contributed by atoms with Crippen molar-refractivity contribution in [2.24, 2.45) is 0 Å². The molecule has 0 aliphatic carbocycles. The average Bonchev–Trinajstić information content (AvgIpc) is 2.25. The molecule has 15 heavy (non-hydrogen) atoms. The maximum absolute atomic E-state index is 10.6. The molecule has 0 radical (unpaired) electrons. The lowest BCUT2D eigenvalue weighted by Crippen LogP contribution is -2.52. The summed E-state index contributed by atoms with van der Waals surface area (Å²) >= 11 is 0. The third-order valence-electron chi connectivity index (χ3n) is 2.35. The molecule has 0 bridgehead atoms. The van der Waals surface area contributed by atoms with E-state index in [0.29, 0.717) is 12.8 Å². The molecule has 86 valence electrons. The first-order valence-corrected chi connectivity index (χ1v) is 5.11. The second-order valence-electron chi connectivity index (χ2n) is 3.66. The number of aliphatic carboxylic acids is 1. The Labute approximate surface area is 88.4 Å². The molecule has 1 rings (SSSR count). The number of rotatable bonds is 6. The minimum Gasteiger partial charge on any atom is -0.481 e. The van der Waals surface area contributed by atoms with Crippen molar-refractivity contribution >= 4 is 12.3 Å². The van der Waals surface area contributed by atoms with Gasteiger partial charge in [0, 0.05) is 19.1 Å². The summed E-state index contributed by atoms with van der Waals surface area (Å²) in [4.78, 5) is 20.9. The van der Waals surface area contributed by atoms with E-state index in [9.17, 15) is 9.59 Å². The van der Waals surface area contributed by atoms with Crippen LogP contribution in [0, 0.1) is 0 Å². The lowest BCUT2D eigenvalue weighted by atomic mass is 10.1. The molecule has 1 fully saturated rings. The molecular formula is C9H17N3O3. The molecule has 6 nitrogen and oxygen atoms in total. The van der Waals surface area contributed by atoms with Crippen molar-refractivity contribution < 1.29 is 14.7 Å². The smallest absolute Gasteiger partial charge is 0.305 e. The lowest BCUT2D eigenvalue weighted by molar-refractivity contribution is -0.138. The summed E-state index contributed by atoms with van der Waals surface area (Å²) in [6.07, 6.45) is 2.59. The molecule has 1 saturated heterocycles. The van der Waals surface area contributed by atoms with Crippen LogP contribution in [-0.4, -0.2) is 42.5 Å². The van der Waals surface area contributed by atoms with Crippen molar-refractivity contribution in [2.45, 2.75) is 31.3 Å². The Bertz CT molecular complexity index is 217. The van der Waals surface area contributed by atoms with Gasteiger partial charge in [-0.15, -0.1) is 0 Å². The van der Waals surface area contributed by atoms with Crippen LogP contribution < -0.4 is 16.2 Å². The summed E-state index contributed by atoms with van der Waals surface area (Å²) in [5, 5.41) is 11.4. The number of carboxylic acids is 1. The average molecular weight is 215 g/mol. The highest BCUT2D eigenvalue weighted by Gasteiger charge is 2.16. The van der Waals surface area contributed by atoms with E-state index in [-0.39, 0.29) is 12.5 Å². The zero-order valence-electron chi connectivity index (χ0n) is 8.53. The third-order valence-corrected chi connectivity index (χ3v) is 2.35. The molecule has 2 atom stereocenters. The van der Waals surface area contributed by atoms with E-state index in [1.165, 1.54) is 0 Å². The van der Waals surface area contributed by atoms with Gasteiger partial charge >= 0.3 is 5.97 Å². The molecular weight excluding hydrogens is 198 g/mol. The molecule has 1 aliphatic heterocycles. The summed E-state index contributed by atoms with van der Waals surface area (Å²) in [6, 6.07) is -0.332. The first-order valence-electron chi connectivity index (χ1n) is 5.11. The highest BCUT2D eigenvalue weighted by atomic mass is 16.4. The van der Waals surface area contributed by atoms with Crippen LogP contribution >= 0.6 is 0 Å². The van der Waals surface area contributed by atoms with Gasteiger partial charge in [-0.2, -0.15) is 0 Å². The Kier molecular flexibility index (Phi) is 5.23. The molecule has 0 aromatic rings. The fourth-order valence-corrected chi connectivity index (χ4v) is 1.53. The number of hydrazine groups is 1. The van der Waals surface area contributed by atoms with Gasteiger partial charge in [-0.3, -0.25) is 15.6 Å². The Morgan fingerprint density at radius 2 is 2.47 bits per heavy atom. The zero-order valence-corrected chi connectivity index (χ0v) is 8.53. The molecule has 1 heterocycles. The van der Waals surface area contributed by atoms with Crippen LogP contribution in [0.3, 0.4) is 0 Å². The van der Waals surface area contributed by atoms with Crippen LogP contribution in [0.1, 0.15) is 19.3 Å². The van der Waals surface area contributed by atoms with Gasteiger partial charge in [-0.1, -0.05) is 0 Å². The summed E-state index contributed by atoms with van der Waals surface area (Å²) in [5.74, 6) is -0.964. The normalized spacial score (nSPS) is 23.3. The van der Waals surface area contributed by atoms with E-state index < -0.39 is 12.0 Å². The predicted molar refractivity (Wildman–Crippen MR) is 54.3 cm³/mol. The third kappa shape index (κ3) is 4.87. The molecule has 6 heteroatoms. The fraction of sp³-hybridized carbons (Fsp3) is 0.778. The quantitative estimate of drug-likeness (QED) is 0.419. The lowest BCUT2D eigenvalue weighted by Gasteiger charge is -2.25. The van der Waals surface area contributed by atoms with Gasteiger partial charge in [0.1, 0.15) is 6.29 Å². The molecule has 0 aromatic heterocycles. The number of carbonyl (C=O) groups excluding carboxylic acids is 1. The topological polar surface area (TPSA) is 90.5 Å². The van der Waals surface area contributed by atoms with Crippen molar-refractivity contribution in [3.8, 4) is 0 Å². The molecule has 4 N–H and O–H groups in total. The summed E-state index contributed by atoms with van der Waals surface area (Å²) < 4.78 is 0. The van der Waals surface area contributed by atoms with Gasteiger partial charge in [-0.25, -0.2) is 0 Å². The van der Waals surface area contributed by atoms with E-state index in [1.807, 2.05) is 0 Å². The molecule has 0 unspecified atom stereocenters. The monoisotopic (exact) mass is 215 g/mol. The van der Waals surface area contributed by atoms with Crippen molar-refractivity contribution in [3.63, 3.8) is 0 Å². The number of nitrogens with one attached hydrogen (secondary N) is 3.